The van der Waals surface area contributed by atoms with Crippen LogP contribution in [0.3, 0.4) is 0 Å². The summed E-state index contributed by atoms with van der Waals surface area (Å²) in [5.41, 5.74) is 2.66. The fraction of sp³-hybridized carbons (Fsp3) is 0.412. The Morgan fingerprint density at radius 2 is 2.12 bits per heavy atom. The second-order valence-corrected chi connectivity index (χ2v) is 7.12. The first-order valence-electron chi connectivity index (χ1n) is 8.19. The number of nitrogens with zero attached hydrogens (tertiary/aromatic N) is 5. The van der Waals surface area contributed by atoms with Crippen molar-refractivity contribution in [2.45, 2.75) is 18.0 Å². The zero-order chi connectivity index (χ0) is 16.4. The number of aromatic amines is 1. The smallest absolute Gasteiger partial charge is 0.211 e. The molecule has 1 aromatic carbocycles. The van der Waals surface area contributed by atoms with Crippen LogP contribution in [0.5, 0.6) is 0 Å². The highest BCUT2D eigenvalue weighted by molar-refractivity contribution is 7.99. The Morgan fingerprint density at radius 3 is 2.96 bits per heavy atom. The van der Waals surface area contributed by atoms with Crippen LogP contribution in [0.1, 0.15) is 14.3 Å². The van der Waals surface area contributed by atoms with Gasteiger partial charge in [-0.25, -0.2) is 4.98 Å². The molecule has 0 radical (unpaired) electrons. The molecule has 1 aliphatic heterocycles. The molecule has 7 heteroatoms. The average molecular weight is 340 g/mol. The highest BCUT2D eigenvalue weighted by Crippen LogP contribution is 2.23. The standard InChI is InChI=1S/C17H18N6S.H2/c18-11-12-5-7-23(8-6-12)9-10-24-17-20-16-15(21-22-17)13-3-1-2-4-14(13)19-16;/h1-4,12H,5-10H2,(H,19,20,22);1H. The number of nitriles is 1. The molecule has 2 aromatic heterocycles. The number of piperidine rings is 1. The second kappa shape index (κ2) is 6.75. The fourth-order valence-corrected chi connectivity index (χ4v) is 3.91. The molecule has 3 heterocycles. The zero-order valence-electron chi connectivity index (χ0n) is 13.3. The summed E-state index contributed by atoms with van der Waals surface area (Å²) in [4.78, 5) is 10.3. The van der Waals surface area contributed by atoms with E-state index < -0.39 is 0 Å². The van der Waals surface area contributed by atoms with Crippen LogP contribution in [0.25, 0.3) is 22.1 Å². The molecule has 0 bridgehead atoms. The Bertz CT molecular complexity index is 897. The summed E-state index contributed by atoms with van der Waals surface area (Å²) >= 11 is 1.63. The van der Waals surface area contributed by atoms with Crippen molar-refractivity contribution in [2.75, 3.05) is 25.4 Å². The van der Waals surface area contributed by atoms with Crippen LogP contribution in [0.2, 0.25) is 0 Å². The van der Waals surface area contributed by atoms with Crippen molar-refractivity contribution in [3.8, 4) is 6.07 Å². The van der Waals surface area contributed by atoms with E-state index in [0.29, 0.717) is 5.16 Å². The van der Waals surface area contributed by atoms with Crippen LogP contribution in [0.4, 0.5) is 0 Å². The van der Waals surface area contributed by atoms with Crippen LogP contribution in [0.15, 0.2) is 29.4 Å². The van der Waals surface area contributed by atoms with Gasteiger partial charge in [0.05, 0.1) is 6.07 Å². The van der Waals surface area contributed by atoms with Gasteiger partial charge in [0, 0.05) is 30.5 Å². The van der Waals surface area contributed by atoms with E-state index in [-0.39, 0.29) is 7.34 Å². The lowest BCUT2D eigenvalue weighted by molar-refractivity contribution is 0.217. The maximum atomic E-state index is 8.94. The van der Waals surface area contributed by atoms with Crippen molar-refractivity contribution in [3.05, 3.63) is 24.3 Å². The van der Waals surface area contributed by atoms with E-state index in [2.05, 4.69) is 31.1 Å². The molecule has 4 rings (SSSR count). The molecular weight excluding hydrogens is 320 g/mol. The van der Waals surface area contributed by atoms with E-state index in [1.165, 1.54) is 0 Å². The number of fused-ring (bicyclic) bond motifs is 3. The van der Waals surface area contributed by atoms with Crippen molar-refractivity contribution in [1.82, 2.24) is 25.1 Å². The minimum absolute atomic E-state index is 0. The molecule has 24 heavy (non-hydrogen) atoms. The number of para-hydroxylation sites is 1. The number of hydrogen-bond donors (Lipinski definition) is 1. The highest BCUT2D eigenvalue weighted by atomic mass is 32.2. The van der Waals surface area contributed by atoms with Crippen LogP contribution in [-0.2, 0) is 0 Å². The van der Waals surface area contributed by atoms with E-state index in [1.54, 1.807) is 11.8 Å². The number of benzene rings is 1. The predicted molar refractivity (Wildman–Crippen MR) is 96.8 cm³/mol. The number of nitrogens with one attached hydrogen (secondary N) is 1. The quantitative estimate of drug-likeness (QED) is 0.735. The first-order chi connectivity index (χ1) is 11.8. The molecule has 1 N–H and O–H groups in total. The van der Waals surface area contributed by atoms with Crippen LogP contribution >= 0.6 is 11.8 Å². The van der Waals surface area contributed by atoms with Crippen molar-refractivity contribution in [3.63, 3.8) is 0 Å². The molecule has 1 aliphatic rings. The lowest BCUT2D eigenvalue weighted by atomic mass is 9.99. The summed E-state index contributed by atoms with van der Waals surface area (Å²) in [6.45, 7) is 3.02. The molecule has 0 saturated carbocycles. The van der Waals surface area contributed by atoms with Gasteiger partial charge >= 0.3 is 0 Å². The van der Waals surface area contributed by atoms with Crippen molar-refractivity contribution in [1.29, 1.82) is 5.26 Å². The fourth-order valence-electron chi connectivity index (χ4n) is 3.12. The summed E-state index contributed by atoms with van der Waals surface area (Å²) in [6.07, 6.45) is 1.97. The second-order valence-electron chi connectivity index (χ2n) is 6.06. The zero-order valence-corrected chi connectivity index (χ0v) is 14.1. The predicted octanol–water partition coefficient (Wildman–Crippen LogP) is 3.08. The number of hydrogen-bond acceptors (Lipinski definition) is 6. The van der Waals surface area contributed by atoms with Crippen molar-refractivity contribution in [2.24, 2.45) is 5.92 Å². The maximum absolute atomic E-state index is 8.94. The van der Waals surface area contributed by atoms with E-state index in [9.17, 15) is 0 Å². The van der Waals surface area contributed by atoms with Gasteiger partial charge in [-0.3, -0.25) is 0 Å². The molecule has 0 amide bonds. The first kappa shape index (κ1) is 15.4. The number of thioether (sulfide) groups is 1. The lowest BCUT2D eigenvalue weighted by Crippen LogP contribution is -2.34. The van der Waals surface area contributed by atoms with Crippen LogP contribution in [0, 0.1) is 17.2 Å². The largest absolute Gasteiger partial charge is 0.338 e. The topological polar surface area (TPSA) is 81.5 Å². The van der Waals surface area contributed by atoms with E-state index in [1.807, 2.05) is 24.3 Å². The molecular formula is C17H20N6S. The Kier molecular flexibility index (Phi) is 4.32. The molecule has 6 nitrogen and oxygen atoms in total. The minimum Gasteiger partial charge on any atom is -0.338 e. The monoisotopic (exact) mass is 340 g/mol. The molecule has 124 valence electrons. The first-order valence-corrected chi connectivity index (χ1v) is 9.18. The third-order valence-electron chi connectivity index (χ3n) is 4.51. The third-order valence-corrected chi connectivity index (χ3v) is 5.33. The van der Waals surface area contributed by atoms with Crippen molar-refractivity contribution < 1.29 is 1.43 Å². The SMILES string of the molecule is N#CC1CCN(CCSc2nnc3c(n2)[nH]c2ccccc23)CC1.[HH]. The molecule has 1 saturated heterocycles. The molecule has 0 aliphatic carbocycles. The van der Waals surface area contributed by atoms with Crippen LogP contribution < -0.4 is 0 Å². The summed E-state index contributed by atoms with van der Waals surface area (Å²) in [7, 11) is 0. The van der Waals surface area contributed by atoms with Gasteiger partial charge in [0.25, 0.3) is 0 Å². The minimum atomic E-state index is 0. The number of H-pyrrole nitrogens is 1. The van der Waals surface area contributed by atoms with Gasteiger partial charge in [-0.2, -0.15) is 5.26 Å². The Labute approximate surface area is 145 Å². The van der Waals surface area contributed by atoms with Gasteiger partial charge in [0.1, 0.15) is 5.52 Å². The summed E-state index contributed by atoms with van der Waals surface area (Å²) in [6, 6.07) is 10.4. The van der Waals surface area contributed by atoms with Gasteiger partial charge in [-0.15, -0.1) is 10.2 Å². The summed E-state index contributed by atoms with van der Waals surface area (Å²) < 4.78 is 0. The highest BCUT2D eigenvalue weighted by Gasteiger charge is 2.18. The van der Waals surface area contributed by atoms with E-state index >= 15 is 0 Å². The van der Waals surface area contributed by atoms with Gasteiger partial charge in [0.2, 0.25) is 5.16 Å². The van der Waals surface area contributed by atoms with Gasteiger partial charge in [0.15, 0.2) is 5.65 Å². The van der Waals surface area contributed by atoms with E-state index in [0.717, 1.165) is 60.3 Å². The van der Waals surface area contributed by atoms with Gasteiger partial charge < -0.3 is 9.88 Å². The van der Waals surface area contributed by atoms with E-state index in [4.69, 9.17) is 5.26 Å². The van der Waals surface area contributed by atoms with Gasteiger partial charge in [-0.05, 0) is 32.0 Å². The van der Waals surface area contributed by atoms with Crippen molar-refractivity contribution >= 4 is 33.8 Å². The number of likely N-dealkylation sites (tertiary alicyclic amines) is 1. The third kappa shape index (κ3) is 3.07. The van der Waals surface area contributed by atoms with Gasteiger partial charge in [-0.1, -0.05) is 30.0 Å². The Hall–Kier alpha value is -2.17. The Morgan fingerprint density at radius 1 is 1.29 bits per heavy atom. The summed E-state index contributed by atoms with van der Waals surface area (Å²) in [5.74, 6) is 1.18. The number of aromatic nitrogens is 4. The summed E-state index contributed by atoms with van der Waals surface area (Å²) in [5, 5.41) is 19.3. The maximum Gasteiger partial charge on any atom is 0.211 e. The lowest BCUT2D eigenvalue weighted by Gasteiger charge is -2.28. The molecule has 0 atom stereocenters. The van der Waals surface area contributed by atoms with Crippen LogP contribution in [-0.4, -0.2) is 50.5 Å². The molecule has 0 unspecified atom stereocenters. The molecule has 1 fully saturated rings. The molecule has 3 aromatic rings. The Balaban J connectivity index is 0.00000182. The number of rotatable bonds is 4. The average Bonchev–Trinajstić information content (AvgIpc) is 3.00. The molecule has 0 spiro atoms. The normalized spacial score (nSPS) is 16.6.